The second-order valence-corrected chi connectivity index (χ2v) is 5.53. The van der Waals surface area contributed by atoms with Crippen molar-refractivity contribution in [2.45, 2.75) is 26.7 Å². The van der Waals surface area contributed by atoms with Crippen molar-refractivity contribution in [2.24, 2.45) is 0 Å². The number of nitrogens with zero attached hydrogens (tertiary/aromatic N) is 1. The Morgan fingerprint density at radius 2 is 2.11 bits per heavy atom. The van der Waals surface area contributed by atoms with Crippen LogP contribution in [0.25, 0.3) is 0 Å². The average molecular weight is 275 g/mol. The largest absolute Gasteiger partial charge is 0.496 e. The number of aryl methyl sites for hydroxylation is 2. The first-order chi connectivity index (χ1) is 9.08. The minimum absolute atomic E-state index is 0.165. The van der Waals surface area contributed by atoms with Crippen LogP contribution in [0.1, 0.15) is 21.8 Å². The molecule has 0 fully saturated rings. The number of ketones is 1. The van der Waals surface area contributed by atoms with Crippen LogP contribution in [0.15, 0.2) is 23.6 Å². The van der Waals surface area contributed by atoms with Gasteiger partial charge in [0.2, 0.25) is 0 Å². The fourth-order valence-electron chi connectivity index (χ4n) is 1.97. The molecule has 100 valence electrons. The number of Topliss-reactive ketones (excluding diaryl/α,β-unsaturated/α-hetero) is 1. The van der Waals surface area contributed by atoms with Gasteiger partial charge in [0.25, 0.3) is 0 Å². The Morgan fingerprint density at radius 1 is 1.32 bits per heavy atom. The van der Waals surface area contributed by atoms with Crippen LogP contribution in [0, 0.1) is 13.8 Å². The average Bonchev–Trinajstić information content (AvgIpc) is 2.75. The third-order valence-corrected chi connectivity index (χ3v) is 3.81. The van der Waals surface area contributed by atoms with Crippen LogP contribution in [0.3, 0.4) is 0 Å². The van der Waals surface area contributed by atoms with Gasteiger partial charge in [-0.15, -0.1) is 11.3 Å². The molecule has 0 atom stereocenters. The highest BCUT2D eigenvalue weighted by Gasteiger charge is 2.11. The molecule has 0 radical (unpaired) electrons. The van der Waals surface area contributed by atoms with Gasteiger partial charge in [0.05, 0.1) is 13.5 Å². The van der Waals surface area contributed by atoms with Crippen LogP contribution in [0.5, 0.6) is 5.75 Å². The smallest absolute Gasteiger partial charge is 0.144 e. The van der Waals surface area contributed by atoms with Gasteiger partial charge in [0.1, 0.15) is 16.5 Å². The number of thiazole rings is 1. The van der Waals surface area contributed by atoms with Crippen molar-refractivity contribution < 1.29 is 9.53 Å². The van der Waals surface area contributed by atoms with E-state index < -0.39 is 0 Å². The van der Waals surface area contributed by atoms with Crippen molar-refractivity contribution in [3.63, 3.8) is 0 Å². The Morgan fingerprint density at radius 3 is 2.74 bits per heavy atom. The van der Waals surface area contributed by atoms with Gasteiger partial charge in [-0.2, -0.15) is 0 Å². The summed E-state index contributed by atoms with van der Waals surface area (Å²) in [6.45, 7) is 3.95. The summed E-state index contributed by atoms with van der Waals surface area (Å²) in [5.41, 5.74) is 3.05. The molecular formula is C15H17NO2S. The summed E-state index contributed by atoms with van der Waals surface area (Å²) >= 11 is 1.54. The predicted octanol–water partition coefficient (Wildman–Crippen LogP) is 3.12. The second kappa shape index (κ2) is 5.97. The van der Waals surface area contributed by atoms with E-state index in [9.17, 15) is 4.79 Å². The molecular weight excluding hydrogens is 258 g/mol. The topological polar surface area (TPSA) is 39.2 Å². The minimum atomic E-state index is 0.165. The van der Waals surface area contributed by atoms with Gasteiger partial charge in [-0.25, -0.2) is 4.98 Å². The molecule has 0 bridgehead atoms. The molecule has 0 aliphatic rings. The van der Waals surface area contributed by atoms with Crippen molar-refractivity contribution in [2.75, 3.05) is 7.11 Å². The summed E-state index contributed by atoms with van der Waals surface area (Å²) in [6.07, 6.45) is 0.791. The highest BCUT2D eigenvalue weighted by molar-refractivity contribution is 7.09. The second-order valence-electron chi connectivity index (χ2n) is 4.59. The van der Waals surface area contributed by atoms with E-state index in [-0.39, 0.29) is 5.78 Å². The number of ether oxygens (including phenoxy) is 1. The third-order valence-electron chi connectivity index (χ3n) is 2.84. The fraction of sp³-hybridized carbons (Fsp3) is 0.333. The molecule has 0 amide bonds. The number of aromatic nitrogens is 1. The van der Waals surface area contributed by atoms with Crippen LogP contribution in [-0.2, 0) is 17.6 Å². The Hall–Kier alpha value is -1.68. The molecule has 2 rings (SSSR count). The molecule has 0 saturated carbocycles. The highest BCUT2D eigenvalue weighted by Crippen LogP contribution is 2.21. The molecule has 19 heavy (non-hydrogen) atoms. The van der Waals surface area contributed by atoms with Gasteiger partial charge >= 0.3 is 0 Å². The van der Waals surface area contributed by atoms with E-state index in [1.54, 1.807) is 7.11 Å². The zero-order valence-electron chi connectivity index (χ0n) is 11.4. The molecule has 1 aromatic heterocycles. The van der Waals surface area contributed by atoms with Crippen molar-refractivity contribution in [1.29, 1.82) is 0 Å². The SMILES string of the molecule is COc1ccc(C)cc1CC(=O)Cc1nc(C)cs1. The molecule has 0 aliphatic heterocycles. The summed E-state index contributed by atoms with van der Waals surface area (Å²) < 4.78 is 5.29. The van der Waals surface area contributed by atoms with Crippen LogP contribution >= 0.6 is 11.3 Å². The van der Waals surface area contributed by atoms with Gasteiger partial charge in [-0.05, 0) is 19.9 Å². The van der Waals surface area contributed by atoms with Gasteiger partial charge in [0.15, 0.2) is 0 Å². The van der Waals surface area contributed by atoms with Crippen LogP contribution < -0.4 is 4.74 Å². The third kappa shape index (κ3) is 3.64. The van der Waals surface area contributed by atoms with Gasteiger partial charge in [-0.3, -0.25) is 4.79 Å². The molecule has 0 N–H and O–H groups in total. The lowest BCUT2D eigenvalue weighted by Gasteiger charge is -2.08. The molecule has 4 heteroatoms. The Balaban J connectivity index is 2.08. The lowest BCUT2D eigenvalue weighted by molar-refractivity contribution is -0.117. The molecule has 0 unspecified atom stereocenters. The normalized spacial score (nSPS) is 10.5. The maximum Gasteiger partial charge on any atom is 0.144 e. The minimum Gasteiger partial charge on any atom is -0.496 e. The van der Waals surface area contributed by atoms with E-state index in [0.717, 1.165) is 27.6 Å². The van der Waals surface area contributed by atoms with E-state index in [1.165, 1.54) is 11.3 Å². The van der Waals surface area contributed by atoms with E-state index in [4.69, 9.17) is 4.74 Å². The quantitative estimate of drug-likeness (QED) is 0.841. The molecule has 1 heterocycles. The zero-order valence-corrected chi connectivity index (χ0v) is 12.2. The van der Waals surface area contributed by atoms with Crippen molar-refractivity contribution in [3.8, 4) is 5.75 Å². The number of benzene rings is 1. The maximum atomic E-state index is 12.1. The Bertz CT molecular complexity index is 590. The molecule has 0 spiro atoms. The Labute approximate surface area is 117 Å². The predicted molar refractivity (Wildman–Crippen MR) is 77.0 cm³/mol. The standard InChI is InChI=1S/C15H17NO2S/c1-10-4-5-14(18-3)12(6-10)7-13(17)8-15-16-11(2)9-19-15/h4-6,9H,7-8H2,1-3H3. The fourth-order valence-corrected chi connectivity index (χ4v) is 2.77. The molecule has 3 nitrogen and oxygen atoms in total. The summed E-state index contributed by atoms with van der Waals surface area (Å²) in [6, 6.07) is 5.90. The van der Waals surface area contributed by atoms with Crippen molar-refractivity contribution in [3.05, 3.63) is 45.4 Å². The van der Waals surface area contributed by atoms with Gasteiger partial charge in [0, 0.05) is 23.1 Å². The number of hydrogen-bond acceptors (Lipinski definition) is 4. The van der Waals surface area contributed by atoms with E-state index in [1.807, 2.05) is 37.4 Å². The highest BCUT2D eigenvalue weighted by atomic mass is 32.1. The number of hydrogen-bond donors (Lipinski definition) is 0. The number of rotatable bonds is 5. The van der Waals surface area contributed by atoms with Crippen molar-refractivity contribution >= 4 is 17.1 Å². The van der Waals surface area contributed by atoms with Crippen LogP contribution in [-0.4, -0.2) is 17.9 Å². The maximum absolute atomic E-state index is 12.1. The molecule has 0 aliphatic carbocycles. The zero-order chi connectivity index (χ0) is 13.8. The Kier molecular flexibility index (Phi) is 4.32. The van der Waals surface area contributed by atoms with Crippen LogP contribution in [0.4, 0.5) is 0 Å². The first-order valence-electron chi connectivity index (χ1n) is 6.14. The number of carbonyl (C=O) groups is 1. The molecule has 0 saturated heterocycles. The van der Waals surface area contributed by atoms with Crippen LogP contribution in [0.2, 0.25) is 0 Å². The summed E-state index contributed by atoms with van der Waals surface area (Å²) in [7, 11) is 1.63. The lowest BCUT2D eigenvalue weighted by atomic mass is 10.0. The monoisotopic (exact) mass is 275 g/mol. The number of carbonyl (C=O) groups excluding carboxylic acids is 1. The first-order valence-corrected chi connectivity index (χ1v) is 7.02. The van der Waals surface area contributed by atoms with Gasteiger partial charge < -0.3 is 4.74 Å². The van der Waals surface area contributed by atoms with E-state index in [2.05, 4.69) is 4.98 Å². The van der Waals surface area contributed by atoms with Gasteiger partial charge in [-0.1, -0.05) is 17.7 Å². The first kappa shape index (κ1) is 13.7. The summed E-state index contributed by atoms with van der Waals surface area (Å²) in [4.78, 5) is 16.4. The van der Waals surface area contributed by atoms with Crippen molar-refractivity contribution in [1.82, 2.24) is 4.98 Å². The summed E-state index contributed by atoms with van der Waals surface area (Å²) in [5, 5.41) is 2.85. The van der Waals surface area contributed by atoms with E-state index >= 15 is 0 Å². The molecule has 2 aromatic rings. The lowest BCUT2D eigenvalue weighted by Crippen LogP contribution is -2.07. The van der Waals surface area contributed by atoms with E-state index in [0.29, 0.717) is 12.8 Å². The molecule has 1 aromatic carbocycles. The summed E-state index contributed by atoms with van der Waals surface area (Å²) in [5.74, 6) is 0.938. The number of methoxy groups -OCH3 is 1.